The first-order chi connectivity index (χ1) is 13.4. The fraction of sp³-hybridized carbons (Fsp3) is 0.261. The third kappa shape index (κ3) is 3.28. The van der Waals surface area contributed by atoms with E-state index in [1.165, 1.54) is 16.3 Å². The molecule has 1 aliphatic rings. The third-order valence-electron chi connectivity index (χ3n) is 5.55. The Morgan fingerprint density at radius 1 is 0.963 bits per heavy atom. The molecule has 1 fully saturated rings. The zero-order chi connectivity index (χ0) is 18.1. The molecule has 0 unspecified atom stereocenters. The lowest BCUT2D eigenvalue weighted by Crippen LogP contribution is -2.42. The highest BCUT2D eigenvalue weighted by atomic mass is 16.3. The summed E-state index contributed by atoms with van der Waals surface area (Å²) in [4.78, 5) is 6.91. The van der Waals surface area contributed by atoms with E-state index < -0.39 is 0 Å². The van der Waals surface area contributed by atoms with E-state index in [9.17, 15) is 0 Å². The number of benzene rings is 2. The average molecular weight is 357 g/mol. The Bertz CT molecular complexity index is 1060. The van der Waals surface area contributed by atoms with Crippen molar-refractivity contribution in [3.63, 3.8) is 0 Å². The normalized spacial score (nSPS) is 15.6. The van der Waals surface area contributed by atoms with E-state index in [0.717, 1.165) is 49.3 Å². The summed E-state index contributed by atoms with van der Waals surface area (Å²) < 4.78 is 5.65. The lowest BCUT2D eigenvalue weighted by Gasteiger charge is -2.33. The zero-order valence-electron chi connectivity index (χ0n) is 15.3. The van der Waals surface area contributed by atoms with Crippen LogP contribution in [0.1, 0.15) is 18.4 Å². The first kappa shape index (κ1) is 16.3. The van der Waals surface area contributed by atoms with Crippen molar-refractivity contribution in [2.45, 2.75) is 25.4 Å². The van der Waals surface area contributed by atoms with Crippen LogP contribution in [0.15, 0.2) is 71.5 Å². The molecule has 0 saturated carbocycles. The van der Waals surface area contributed by atoms with Crippen molar-refractivity contribution < 1.29 is 4.42 Å². The topological polar surface area (TPSA) is 41.3 Å². The van der Waals surface area contributed by atoms with Gasteiger partial charge in [0, 0.05) is 37.3 Å². The van der Waals surface area contributed by atoms with E-state index >= 15 is 0 Å². The van der Waals surface area contributed by atoms with Crippen LogP contribution in [-0.2, 0) is 6.54 Å². The molecule has 1 saturated heterocycles. The van der Waals surface area contributed by atoms with Crippen LogP contribution in [0.5, 0.6) is 0 Å². The second-order valence-electron chi connectivity index (χ2n) is 7.30. The monoisotopic (exact) mass is 357 g/mol. The van der Waals surface area contributed by atoms with Gasteiger partial charge in [-0.25, -0.2) is 4.98 Å². The molecule has 0 amide bonds. The van der Waals surface area contributed by atoms with Crippen molar-refractivity contribution in [2.75, 3.05) is 18.0 Å². The zero-order valence-corrected chi connectivity index (χ0v) is 15.3. The van der Waals surface area contributed by atoms with E-state index in [2.05, 4.69) is 57.7 Å². The quantitative estimate of drug-likeness (QED) is 0.573. The summed E-state index contributed by atoms with van der Waals surface area (Å²) in [5.41, 5.74) is 2.25. The van der Waals surface area contributed by atoms with Crippen molar-refractivity contribution in [2.24, 2.45) is 0 Å². The maximum absolute atomic E-state index is 5.65. The number of hydrogen-bond acceptors (Lipinski definition) is 4. The van der Waals surface area contributed by atoms with Gasteiger partial charge in [0.2, 0.25) is 0 Å². The molecule has 2 aromatic heterocycles. The van der Waals surface area contributed by atoms with Gasteiger partial charge < -0.3 is 14.6 Å². The lowest BCUT2D eigenvalue weighted by atomic mass is 10.0. The fourth-order valence-corrected chi connectivity index (χ4v) is 4.01. The van der Waals surface area contributed by atoms with E-state index in [1.54, 1.807) is 6.26 Å². The molecule has 4 nitrogen and oxygen atoms in total. The predicted octanol–water partition coefficient (Wildman–Crippen LogP) is 4.74. The van der Waals surface area contributed by atoms with E-state index in [4.69, 9.17) is 4.42 Å². The second kappa shape index (κ2) is 7.05. The van der Waals surface area contributed by atoms with E-state index in [1.807, 2.05) is 18.3 Å². The first-order valence-corrected chi connectivity index (χ1v) is 9.65. The number of aromatic nitrogens is 1. The fourth-order valence-electron chi connectivity index (χ4n) is 4.01. The molecule has 0 spiro atoms. The van der Waals surface area contributed by atoms with Gasteiger partial charge in [-0.1, -0.05) is 36.4 Å². The Morgan fingerprint density at radius 3 is 2.70 bits per heavy atom. The molecule has 136 valence electrons. The minimum Gasteiger partial charge on any atom is -0.460 e. The molecule has 5 rings (SSSR count). The molecule has 0 atom stereocenters. The number of nitrogens with one attached hydrogen (secondary N) is 1. The highest BCUT2D eigenvalue weighted by molar-refractivity contribution is 5.87. The molecule has 27 heavy (non-hydrogen) atoms. The molecule has 0 aliphatic carbocycles. The van der Waals surface area contributed by atoms with Crippen LogP contribution < -0.4 is 10.2 Å². The van der Waals surface area contributed by atoms with Gasteiger partial charge in [-0.2, -0.15) is 0 Å². The Labute approximate surface area is 158 Å². The van der Waals surface area contributed by atoms with Gasteiger partial charge in [0.1, 0.15) is 0 Å². The molecule has 2 aromatic carbocycles. The molecule has 1 aliphatic heterocycles. The van der Waals surface area contributed by atoms with Gasteiger partial charge in [0.15, 0.2) is 11.4 Å². The Kier molecular flexibility index (Phi) is 4.26. The SMILES string of the molecule is c1ccc2cc(CNC3CCN(c4nccc5ccoc45)CC3)ccc2c1. The van der Waals surface area contributed by atoms with Crippen molar-refractivity contribution >= 4 is 27.6 Å². The lowest BCUT2D eigenvalue weighted by molar-refractivity contribution is 0.412. The number of anilines is 1. The van der Waals surface area contributed by atoms with E-state index in [-0.39, 0.29) is 0 Å². The summed E-state index contributed by atoms with van der Waals surface area (Å²) in [6.07, 6.45) is 5.85. The smallest absolute Gasteiger partial charge is 0.176 e. The van der Waals surface area contributed by atoms with Crippen LogP contribution in [0.3, 0.4) is 0 Å². The van der Waals surface area contributed by atoms with Gasteiger partial charge in [-0.05, 0) is 47.4 Å². The third-order valence-corrected chi connectivity index (χ3v) is 5.55. The Hall–Kier alpha value is -2.85. The summed E-state index contributed by atoms with van der Waals surface area (Å²) >= 11 is 0. The van der Waals surface area contributed by atoms with Crippen LogP contribution in [0, 0.1) is 0 Å². The average Bonchev–Trinajstić information content (AvgIpc) is 3.21. The molecule has 4 heteroatoms. The highest BCUT2D eigenvalue weighted by Crippen LogP contribution is 2.27. The molecule has 1 N–H and O–H groups in total. The predicted molar refractivity (Wildman–Crippen MR) is 110 cm³/mol. The summed E-state index contributed by atoms with van der Waals surface area (Å²) in [5, 5.41) is 7.47. The largest absolute Gasteiger partial charge is 0.460 e. The standard InChI is InChI=1S/C23H23N3O/c1-2-4-20-15-17(5-6-18(20)3-1)16-25-21-8-12-26(13-9-21)23-22-19(7-11-24-23)10-14-27-22/h1-7,10-11,14-15,21,25H,8-9,12-13,16H2. The molecule has 0 radical (unpaired) electrons. The van der Waals surface area contributed by atoms with Gasteiger partial charge in [0.05, 0.1) is 6.26 Å². The molecule has 0 bridgehead atoms. The molecular formula is C23H23N3O. The van der Waals surface area contributed by atoms with Crippen LogP contribution in [-0.4, -0.2) is 24.1 Å². The van der Waals surface area contributed by atoms with Crippen LogP contribution >= 0.6 is 0 Å². The second-order valence-corrected chi connectivity index (χ2v) is 7.30. The van der Waals surface area contributed by atoms with Gasteiger partial charge in [-0.3, -0.25) is 0 Å². The van der Waals surface area contributed by atoms with Crippen molar-refractivity contribution in [3.8, 4) is 0 Å². The molecule has 4 aromatic rings. The van der Waals surface area contributed by atoms with Crippen molar-refractivity contribution in [3.05, 3.63) is 72.6 Å². The summed E-state index contributed by atoms with van der Waals surface area (Å²) in [5.74, 6) is 0.977. The highest BCUT2D eigenvalue weighted by Gasteiger charge is 2.22. The minimum atomic E-state index is 0.545. The first-order valence-electron chi connectivity index (χ1n) is 9.65. The number of nitrogens with zero attached hydrogens (tertiary/aromatic N) is 2. The van der Waals surface area contributed by atoms with Crippen molar-refractivity contribution in [1.82, 2.24) is 10.3 Å². The summed E-state index contributed by atoms with van der Waals surface area (Å²) in [6, 6.07) is 19.8. The maximum atomic E-state index is 5.65. The van der Waals surface area contributed by atoms with Crippen molar-refractivity contribution in [1.29, 1.82) is 0 Å². The maximum Gasteiger partial charge on any atom is 0.176 e. The Balaban J connectivity index is 1.21. The van der Waals surface area contributed by atoms with Gasteiger partial charge in [0.25, 0.3) is 0 Å². The van der Waals surface area contributed by atoms with Gasteiger partial charge in [-0.15, -0.1) is 0 Å². The number of hydrogen-bond donors (Lipinski definition) is 1. The number of rotatable bonds is 4. The summed E-state index contributed by atoms with van der Waals surface area (Å²) in [6.45, 7) is 2.92. The van der Waals surface area contributed by atoms with Crippen LogP contribution in [0.2, 0.25) is 0 Å². The van der Waals surface area contributed by atoms with Crippen LogP contribution in [0.4, 0.5) is 5.82 Å². The minimum absolute atomic E-state index is 0.545. The number of pyridine rings is 1. The van der Waals surface area contributed by atoms with Gasteiger partial charge >= 0.3 is 0 Å². The van der Waals surface area contributed by atoms with E-state index in [0.29, 0.717) is 6.04 Å². The molecular weight excluding hydrogens is 334 g/mol. The number of fused-ring (bicyclic) bond motifs is 2. The van der Waals surface area contributed by atoms with Crippen LogP contribution in [0.25, 0.3) is 21.7 Å². The number of piperidine rings is 1. The number of furan rings is 1. The Morgan fingerprint density at radius 2 is 1.81 bits per heavy atom. The molecule has 3 heterocycles. The summed E-state index contributed by atoms with van der Waals surface area (Å²) in [7, 11) is 0.